The van der Waals surface area contributed by atoms with E-state index in [1.54, 1.807) is 0 Å². The lowest BCUT2D eigenvalue weighted by Crippen LogP contribution is -2.32. The number of anilines is 2. The second-order valence-electron chi connectivity index (χ2n) is 3.71. The van der Waals surface area contributed by atoms with Crippen LogP contribution >= 0.6 is 0 Å². The van der Waals surface area contributed by atoms with Gasteiger partial charge in [0.1, 0.15) is 11.4 Å². The Morgan fingerprint density at radius 2 is 2.29 bits per heavy atom. The van der Waals surface area contributed by atoms with E-state index in [0.29, 0.717) is 24.6 Å². The maximum atomic E-state index is 11.8. The fraction of sp³-hybridized carbons (Fsp3) is 0.417. The largest absolute Gasteiger partial charge is 0.492 e. The number of rotatable bonds is 3. The number of benzene rings is 1. The SMILES string of the molecule is CCOc1cccc2c1NC(=O)C(OC)CN2. The Labute approximate surface area is 100 Å². The van der Waals surface area contributed by atoms with Crippen molar-refractivity contribution in [3.8, 4) is 5.75 Å². The van der Waals surface area contributed by atoms with Gasteiger partial charge in [0.25, 0.3) is 5.91 Å². The van der Waals surface area contributed by atoms with E-state index >= 15 is 0 Å². The number of hydrogen-bond acceptors (Lipinski definition) is 4. The number of carbonyl (C=O) groups is 1. The van der Waals surface area contributed by atoms with Gasteiger partial charge in [-0.2, -0.15) is 0 Å². The first kappa shape index (κ1) is 11.7. The maximum absolute atomic E-state index is 11.8. The first-order valence-electron chi connectivity index (χ1n) is 5.59. The van der Waals surface area contributed by atoms with Crippen LogP contribution in [0.4, 0.5) is 11.4 Å². The van der Waals surface area contributed by atoms with Gasteiger partial charge in [0.2, 0.25) is 0 Å². The minimum atomic E-state index is -0.489. The second kappa shape index (κ2) is 5.05. The Morgan fingerprint density at radius 3 is 3.00 bits per heavy atom. The minimum absolute atomic E-state index is 0.161. The molecule has 0 aromatic heterocycles. The third-order valence-corrected chi connectivity index (χ3v) is 2.63. The van der Waals surface area contributed by atoms with Crippen LogP contribution in [0, 0.1) is 0 Å². The quantitative estimate of drug-likeness (QED) is 0.834. The highest BCUT2D eigenvalue weighted by atomic mass is 16.5. The minimum Gasteiger partial charge on any atom is -0.492 e. The smallest absolute Gasteiger partial charge is 0.255 e. The number of ether oxygens (including phenoxy) is 2. The van der Waals surface area contributed by atoms with Crippen molar-refractivity contribution in [2.45, 2.75) is 13.0 Å². The summed E-state index contributed by atoms with van der Waals surface area (Å²) >= 11 is 0. The normalized spacial score (nSPS) is 18.7. The molecule has 1 aromatic rings. The molecule has 1 amide bonds. The Balaban J connectivity index is 2.33. The topological polar surface area (TPSA) is 59.6 Å². The lowest BCUT2D eigenvalue weighted by atomic mass is 10.2. The summed E-state index contributed by atoms with van der Waals surface area (Å²) in [6.07, 6.45) is -0.489. The molecule has 1 atom stereocenters. The Morgan fingerprint density at radius 1 is 1.47 bits per heavy atom. The van der Waals surface area contributed by atoms with Gasteiger partial charge in [-0.25, -0.2) is 0 Å². The molecule has 1 heterocycles. The van der Waals surface area contributed by atoms with Gasteiger partial charge in [-0.1, -0.05) is 6.07 Å². The third kappa shape index (κ3) is 2.34. The number of carbonyl (C=O) groups excluding carboxylic acids is 1. The third-order valence-electron chi connectivity index (χ3n) is 2.63. The lowest BCUT2D eigenvalue weighted by Gasteiger charge is -2.13. The zero-order valence-corrected chi connectivity index (χ0v) is 9.95. The number of fused-ring (bicyclic) bond motifs is 1. The van der Waals surface area contributed by atoms with Gasteiger partial charge in [-0.3, -0.25) is 4.79 Å². The van der Waals surface area contributed by atoms with E-state index in [-0.39, 0.29) is 5.91 Å². The molecular formula is C12H16N2O3. The molecule has 0 saturated heterocycles. The number of hydrogen-bond donors (Lipinski definition) is 2. The predicted molar refractivity (Wildman–Crippen MR) is 65.5 cm³/mol. The van der Waals surface area contributed by atoms with Gasteiger partial charge in [-0.05, 0) is 19.1 Å². The number of amides is 1. The number of para-hydroxylation sites is 1. The molecule has 5 heteroatoms. The molecular weight excluding hydrogens is 220 g/mol. The summed E-state index contributed by atoms with van der Waals surface area (Å²) in [4.78, 5) is 11.8. The molecule has 0 spiro atoms. The zero-order chi connectivity index (χ0) is 12.3. The van der Waals surface area contributed by atoms with Gasteiger partial charge in [0.15, 0.2) is 6.10 Å². The van der Waals surface area contributed by atoms with Crippen molar-refractivity contribution >= 4 is 17.3 Å². The summed E-state index contributed by atoms with van der Waals surface area (Å²) in [6.45, 7) is 2.91. The Bertz CT molecular complexity index is 420. The molecule has 0 bridgehead atoms. The molecule has 2 N–H and O–H groups in total. The Kier molecular flexibility index (Phi) is 3.49. The van der Waals surface area contributed by atoms with E-state index in [0.717, 1.165) is 5.69 Å². The van der Waals surface area contributed by atoms with E-state index in [2.05, 4.69) is 10.6 Å². The van der Waals surface area contributed by atoms with Crippen molar-refractivity contribution in [3.63, 3.8) is 0 Å². The van der Waals surface area contributed by atoms with Crippen molar-refractivity contribution in [1.29, 1.82) is 0 Å². The van der Waals surface area contributed by atoms with E-state index < -0.39 is 6.10 Å². The van der Waals surface area contributed by atoms with Crippen LogP contribution in [0.15, 0.2) is 18.2 Å². The average molecular weight is 236 g/mol. The van der Waals surface area contributed by atoms with Crippen LogP contribution in [-0.2, 0) is 9.53 Å². The molecule has 1 unspecified atom stereocenters. The van der Waals surface area contributed by atoms with Gasteiger partial charge in [0.05, 0.1) is 18.8 Å². The summed E-state index contributed by atoms with van der Waals surface area (Å²) in [6, 6.07) is 5.61. The summed E-state index contributed by atoms with van der Waals surface area (Å²) in [7, 11) is 1.52. The summed E-state index contributed by atoms with van der Waals surface area (Å²) in [5, 5.41) is 5.99. The van der Waals surface area contributed by atoms with E-state index in [1.165, 1.54) is 7.11 Å². The lowest BCUT2D eigenvalue weighted by molar-refractivity contribution is -0.124. The standard InChI is InChI=1S/C12H16N2O3/c1-3-17-9-6-4-5-8-11(9)14-12(15)10(16-2)7-13-8/h4-6,10,13H,3,7H2,1-2H3,(H,14,15). The van der Waals surface area contributed by atoms with Gasteiger partial charge < -0.3 is 20.1 Å². The first-order chi connectivity index (χ1) is 8.26. The molecule has 1 aliphatic heterocycles. The van der Waals surface area contributed by atoms with Crippen LogP contribution < -0.4 is 15.4 Å². The predicted octanol–water partition coefficient (Wildman–Crippen LogP) is 1.46. The molecule has 92 valence electrons. The van der Waals surface area contributed by atoms with E-state index in [1.807, 2.05) is 25.1 Å². The molecule has 5 nitrogen and oxygen atoms in total. The molecule has 0 aliphatic carbocycles. The molecule has 1 aliphatic rings. The van der Waals surface area contributed by atoms with E-state index in [9.17, 15) is 4.79 Å². The molecule has 0 saturated carbocycles. The van der Waals surface area contributed by atoms with Crippen molar-refractivity contribution in [2.75, 3.05) is 30.9 Å². The summed E-state index contributed by atoms with van der Waals surface area (Å²) in [5.74, 6) is 0.508. The van der Waals surface area contributed by atoms with Crippen LogP contribution in [-0.4, -0.2) is 32.3 Å². The highest BCUT2D eigenvalue weighted by Crippen LogP contribution is 2.34. The number of nitrogens with one attached hydrogen (secondary N) is 2. The summed E-state index contributed by atoms with van der Waals surface area (Å²) in [5.41, 5.74) is 1.53. The zero-order valence-electron chi connectivity index (χ0n) is 9.95. The Hall–Kier alpha value is -1.75. The first-order valence-corrected chi connectivity index (χ1v) is 5.59. The van der Waals surface area contributed by atoms with E-state index in [4.69, 9.17) is 9.47 Å². The van der Waals surface area contributed by atoms with Crippen LogP contribution in [0.5, 0.6) is 5.75 Å². The molecule has 2 rings (SSSR count). The van der Waals surface area contributed by atoms with Crippen molar-refractivity contribution in [3.05, 3.63) is 18.2 Å². The fourth-order valence-electron chi connectivity index (χ4n) is 1.77. The number of methoxy groups -OCH3 is 1. The molecule has 17 heavy (non-hydrogen) atoms. The maximum Gasteiger partial charge on any atom is 0.255 e. The van der Waals surface area contributed by atoms with Crippen molar-refractivity contribution in [2.24, 2.45) is 0 Å². The molecule has 0 radical (unpaired) electrons. The van der Waals surface area contributed by atoms with Crippen molar-refractivity contribution in [1.82, 2.24) is 0 Å². The van der Waals surface area contributed by atoms with Gasteiger partial charge in [-0.15, -0.1) is 0 Å². The van der Waals surface area contributed by atoms with Crippen LogP contribution in [0.3, 0.4) is 0 Å². The van der Waals surface area contributed by atoms with Crippen molar-refractivity contribution < 1.29 is 14.3 Å². The van der Waals surface area contributed by atoms with Gasteiger partial charge in [0, 0.05) is 7.11 Å². The highest BCUT2D eigenvalue weighted by Gasteiger charge is 2.24. The van der Waals surface area contributed by atoms with Gasteiger partial charge >= 0.3 is 0 Å². The average Bonchev–Trinajstić information content (AvgIpc) is 2.49. The van der Waals surface area contributed by atoms with Crippen LogP contribution in [0.1, 0.15) is 6.92 Å². The highest BCUT2D eigenvalue weighted by molar-refractivity contribution is 6.00. The van der Waals surface area contributed by atoms with Crippen LogP contribution in [0.2, 0.25) is 0 Å². The van der Waals surface area contributed by atoms with Crippen LogP contribution in [0.25, 0.3) is 0 Å². The second-order valence-corrected chi connectivity index (χ2v) is 3.71. The summed E-state index contributed by atoms with van der Waals surface area (Å²) < 4.78 is 10.6. The fourth-order valence-corrected chi connectivity index (χ4v) is 1.77. The molecule has 1 aromatic carbocycles. The molecule has 0 fully saturated rings. The monoisotopic (exact) mass is 236 g/mol.